The number of nitrogens with zero attached hydrogens (tertiary/aromatic N) is 1. The Labute approximate surface area is 176 Å². The highest BCUT2D eigenvalue weighted by molar-refractivity contribution is 5.81. The standard InChI is InChI=1S/C23H27FN2O4/c1-15(27)26-13-18(17-7-8-21(29-2)22(11-17)30-3)10-19(14-26)23(28)25-12-16-5-4-6-20(24)9-16/h4-9,11,18-19H,10,12-14H2,1-3H3,(H,25,28)/t18-,19+/m1/s1. The molecule has 1 N–H and O–H groups in total. The lowest BCUT2D eigenvalue weighted by molar-refractivity contribution is -0.134. The van der Waals surface area contributed by atoms with Crippen LogP contribution < -0.4 is 14.8 Å². The van der Waals surface area contributed by atoms with Crippen LogP contribution >= 0.6 is 0 Å². The summed E-state index contributed by atoms with van der Waals surface area (Å²) in [6.45, 7) is 2.67. The first-order valence-electron chi connectivity index (χ1n) is 9.90. The zero-order valence-electron chi connectivity index (χ0n) is 17.5. The molecular formula is C23H27FN2O4. The summed E-state index contributed by atoms with van der Waals surface area (Å²) in [5.41, 5.74) is 1.68. The summed E-state index contributed by atoms with van der Waals surface area (Å²) in [7, 11) is 3.15. The third-order valence-corrected chi connectivity index (χ3v) is 5.50. The van der Waals surface area contributed by atoms with E-state index in [1.165, 1.54) is 19.1 Å². The van der Waals surface area contributed by atoms with Gasteiger partial charge in [-0.05, 0) is 41.8 Å². The lowest BCUT2D eigenvalue weighted by Gasteiger charge is -2.37. The summed E-state index contributed by atoms with van der Waals surface area (Å²) in [5, 5.41) is 2.88. The van der Waals surface area contributed by atoms with E-state index in [2.05, 4.69) is 5.32 Å². The number of amides is 2. The monoisotopic (exact) mass is 414 g/mol. The van der Waals surface area contributed by atoms with Crippen LogP contribution in [0.15, 0.2) is 42.5 Å². The van der Waals surface area contributed by atoms with Gasteiger partial charge in [0.1, 0.15) is 5.82 Å². The molecule has 0 bridgehead atoms. The van der Waals surface area contributed by atoms with E-state index in [9.17, 15) is 14.0 Å². The van der Waals surface area contributed by atoms with E-state index in [0.717, 1.165) is 5.56 Å². The molecule has 2 atom stereocenters. The van der Waals surface area contributed by atoms with Crippen LogP contribution in [0.4, 0.5) is 4.39 Å². The van der Waals surface area contributed by atoms with Crippen molar-refractivity contribution in [1.82, 2.24) is 10.2 Å². The quantitative estimate of drug-likeness (QED) is 0.789. The van der Waals surface area contributed by atoms with E-state index in [-0.39, 0.29) is 36.0 Å². The maximum Gasteiger partial charge on any atom is 0.225 e. The number of likely N-dealkylation sites (tertiary alicyclic amines) is 1. The Morgan fingerprint density at radius 1 is 1.10 bits per heavy atom. The highest BCUT2D eigenvalue weighted by Crippen LogP contribution is 2.35. The Morgan fingerprint density at radius 2 is 1.87 bits per heavy atom. The number of nitrogens with one attached hydrogen (secondary N) is 1. The molecule has 0 spiro atoms. The van der Waals surface area contributed by atoms with Gasteiger partial charge in [-0.3, -0.25) is 9.59 Å². The van der Waals surface area contributed by atoms with E-state index in [0.29, 0.717) is 36.6 Å². The highest BCUT2D eigenvalue weighted by atomic mass is 19.1. The fraction of sp³-hybridized carbons (Fsp3) is 0.391. The predicted octanol–water partition coefficient (Wildman–Crippen LogP) is 3.11. The van der Waals surface area contributed by atoms with Crippen molar-refractivity contribution < 1.29 is 23.5 Å². The number of carbonyl (C=O) groups excluding carboxylic acids is 2. The Bertz CT molecular complexity index is 918. The lowest BCUT2D eigenvalue weighted by atomic mass is 9.83. The third kappa shape index (κ3) is 5.09. The van der Waals surface area contributed by atoms with E-state index < -0.39 is 0 Å². The van der Waals surface area contributed by atoms with Gasteiger partial charge >= 0.3 is 0 Å². The number of rotatable bonds is 6. The predicted molar refractivity (Wildman–Crippen MR) is 111 cm³/mol. The summed E-state index contributed by atoms with van der Waals surface area (Å²) >= 11 is 0. The second-order valence-electron chi connectivity index (χ2n) is 7.52. The summed E-state index contributed by atoms with van der Waals surface area (Å²) < 4.78 is 24.1. The molecule has 0 unspecified atom stereocenters. The zero-order chi connectivity index (χ0) is 21.7. The van der Waals surface area contributed by atoms with E-state index in [1.54, 1.807) is 31.3 Å². The van der Waals surface area contributed by atoms with Crippen molar-refractivity contribution >= 4 is 11.8 Å². The number of carbonyl (C=O) groups is 2. The first kappa shape index (κ1) is 21.6. The number of methoxy groups -OCH3 is 2. The number of benzene rings is 2. The van der Waals surface area contributed by atoms with Gasteiger partial charge in [0, 0.05) is 32.5 Å². The molecule has 6 nitrogen and oxygen atoms in total. The average molecular weight is 414 g/mol. The van der Waals surface area contributed by atoms with Crippen molar-refractivity contribution in [3.8, 4) is 11.5 Å². The number of hydrogen-bond donors (Lipinski definition) is 1. The zero-order valence-corrected chi connectivity index (χ0v) is 17.5. The molecule has 30 heavy (non-hydrogen) atoms. The van der Waals surface area contributed by atoms with E-state index in [1.807, 2.05) is 18.2 Å². The molecule has 3 rings (SSSR count). The Balaban J connectivity index is 1.75. The smallest absolute Gasteiger partial charge is 0.225 e. The fourth-order valence-corrected chi connectivity index (χ4v) is 3.87. The SMILES string of the molecule is COc1ccc([C@@H]2C[C@H](C(=O)NCc3cccc(F)c3)CN(C(C)=O)C2)cc1OC. The average Bonchev–Trinajstić information content (AvgIpc) is 2.76. The molecule has 0 aliphatic carbocycles. The maximum atomic E-state index is 13.4. The molecule has 2 amide bonds. The Morgan fingerprint density at radius 3 is 2.53 bits per heavy atom. The van der Waals surface area contributed by atoms with Crippen molar-refractivity contribution in [3.63, 3.8) is 0 Å². The molecule has 7 heteroatoms. The van der Waals surface area contributed by atoms with E-state index in [4.69, 9.17) is 9.47 Å². The fourth-order valence-electron chi connectivity index (χ4n) is 3.87. The van der Waals surface area contributed by atoms with Crippen LogP contribution in [0.1, 0.15) is 30.4 Å². The minimum Gasteiger partial charge on any atom is -0.493 e. The molecule has 1 heterocycles. The topological polar surface area (TPSA) is 67.9 Å². The first-order chi connectivity index (χ1) is 14.4. The van der Waals surface area contributed by atoms with Gasteiger partial charge < -0.3 is 19.7 Å². The van der Waals surface area contributed by atoms with Gasteiger partial charge in [-0.15, -0.1) is 0 Å². The van der Waals surface area contributed by atoms with E-state index >= 15 is 0 Å². The van der Waals surface area contributed by atoms with Gasteiger partial charge in [0.2, 0.25) is 11.8 Å². The molecule has 2 aromatic carbocycles. The third-order valence-electron chi connectivity index (χ3n) is 5.50. The van der Waals surface area contributed by atoms with Gasteiger partial charge in [-0.25, -0.2) is 4.39 Å². The summed E-state index contributed by atoms with van der Waals surface area (Å²) in [4.78, 5) is 26.6. The molecule has 2 aromatic rings. The van der Waals surface area contributed by atoms with Gasteiger partial charge in [-0.1, -0.05) is 18.2 Å². The molecule has 0 radical (unpaired) electrons. The second kappa shape index (κ2) is 9.61. The normalized spacial score (nSPS) is 18.6. The Kier molecular flexibility index (Phi) is 6.92. The molecule has 1 fully saturated rings. The van der Waals surface area contributed by atoms with Crippen molar-refractivity contribution in [2.45, 2.75) is 25.8 Å². The largest absolute Gasteiger partial charge is 0.493 e. The number of hydrogen-bond acceptors (Lipinski definition) is 4. The van der Waals surface area contributed by atoms with Crippen LogP contribution in [0.25, 0.3) is 0 Å². The molecule has 0 aromatic heterocycles. The van der Waals surface area contributed by atoms with Gasteiger partial charge in [0.05, 0.1) is 20.1 Å². The number of piperidine rings is 1. The minimum absolute atomic E-state index is 0.00706. The van der Waals surface area contributed by atoms with Crippen molar-refractivity contribution in [2.75, 3.05) is 27.3 Å². The second-order valence-corrected chi connectivity index (χ2v) is 7.52. The van der Waals surface area contributed by atoms with Crippen molar-refractivity contribution in [3.05, 3.63) is 59.4 Å². The summed E-state index contributed by atoms with van der Waals surface area (Å²) in [5.74, 6) is 0.336. The first-order valence-corrected chi connectivity index (χ1v) is 9.90. The van der Waals surface area contributed by atoms with Crippen molar-refractivity contribution in [2.24, 2.45) is 5.92 Å². The molecular weight excluding hydrogens is 387 g/mol. The molecule has 1 aliphatic rings. The summed E-state index contributed by atoms with van der Waals surface area (Å²) in [6.07, 6.45) is 0.605. The highest BCUT2D eigenvalue weighted by Gasteiger charge is 2.33. The lowest BCUT2D eigenvalue weighted by Crippen LogP contribution is -2.47. The molecule has 0 saturated carbocycles. The van der Waals surface area contributed by atoms with Crippen LogP contribution in [-0.4, -0.2) is 44.0 Å². The van der Waals surface area contributed by atoms with Crippen molar-refractivity contribution in [1.29, 1.82) is 0 Å². The van der Waals surface area contributed by atoms with Gasteiger partial charge in [0.15, 0.2) is 11.5 Å². The van der Waals surface area contributed by atoms with Crippen LogP contribution in [0.3, 0.4) is 0 Å². The van der Waals surface area contributed by atoms with Crippen LogP contribution in [0.5, 0.6) is 11.5 Å². The maximum absolute atomic E-state index is 13.4. The number of ether oxygens (including phenoxy) is 2. The van der Waals surface area contributed by atoms with Gasteiger partial charge in [-0.2, -0.15) is 0 Å². The summed E-state index contributed by atoms with van der Waals surface area (Å²) in [6, 6.07) is 11.8. The minimum atomic E-state index is -0.352. The Hall–Kier alpha value is -3.09. The molecule has 1 saturated heterocycles. The molecule has 160 valence electrons. The van der Waals surface area contributed by atoms with Gasteiger partial charge in [0.25, 0.3) is 0 Å². The number of halogens is 1. The van der Waals surface area contributed by atoms with Crippen LogP contribution in [0, 0.1) is 11.7 Å². The van der Waals surface area contributed by atoms with Crippen LogP contribution in [-0.2, 0) is 16.1 Å². The van der Waals surface area contributed by atoms with Crippen LogP contribution in [0.2, 0.25) is 0 Å². The molecule has 1 aliphatic heterocycles.